The van der Waals surface area contributed by atoms with Crippen LogP contribution < -0.4 is 11.1 Å². The molecule has 0 unspecified atom stereocenters. The molecule has 6 nitrogen and oxygen atoms in total. The van der Waals surface area contributed by atoms with Crippen LogP contribution in [0, 0.1) is 0 Å². The highest BCUT2D eigenvalue weighted by Crippen LogP contribution is 2.10. The van der Waals surface area contributed by atoms with E-state index in [0.29, 0.717) is 24.5 Å². The molecule has 0 aliphatic heterocycles. The third-order valence-electron chi connectivity index (χ3n) is 2.84. The molecular weight excluding hydrogens is 230 g/mol. The van der Waals surface area contributed by atoms with Crippen LogP contribution in [0.25, 0.3) is 0 Å². The van der Waals surface area contributed by atoms with Crippen molar-refractivity contribution in [3.8, 4) is 0 Å². The van der Waals surface area contributed by atoms with Crippen molar-refractivity contribution in [2.75, 3.05) is 5.73 Å². The predicted molar refractivity (Wildman–Crippen MR) is 68.9 cm³/mol. The summed E-state index contributed by atoms with van der Waals surface area (Å²) in [6.07, 6.45) is 3.47. The van der Waals surface area contributed by atoms with E-state index in [9.17, 15) is 4.79 Å². The van der Waals surface area contributed by atoms with Gasteiger partial charge in [-0.05, 0) is 19.1 Å². The first-order valence-corrected chi connectivity index (χ1v) is 5.82. The van der Waals surface area contributed by atoms with Crippen LogP contribution in [0.3, 0.4) is 0 Å². The second-order valence-corrected chi connectivity index (χ2v) is 4.07. The molecule has 0 atom stereocenters. The minimum atomic E-state index is -0.130. The van der Waals surface area contributed by atoms with E-state index < -0.39 is 0 Å². The van der Waals surface area contributed by atoms with E-state index >= 15 is 0 Å². The van der Waals surface area contributed by atoms with Crippen LogP contribution in [0.5, 0.6) is 0 Å². The number of amides is 1. The summed E-state index contributed by atoms with van der Waals surface area (Å²) in [7, 11) is 1.84. The molecule has 0 spiro atoms. The number of carbonyl (C=O) groups is 1. The molecule has 6 heteroatoms. The van der Waals surface area contributed by atoms with Gasteiger partial charge in [-0.1, -0.05) is 0 Å². The van der Waals surface area contributed by atoms with Gasteiger partial charge in [0.15, 0.2) is 0 Å². The first-order valence-electron chi connectivity index (χ1n) is 5.82. The van der Waals surface area contributed by atoms with Crippen molar-refractivity contribution < 1.29 is 4.79 Å². The van der Waals surface area contributed by atoms with Crippen LogP contribution >= 0.6 is 0 Å². The maximum atomic E-state index is 12.0. The van der Waals surface area contributed by atoms with Gasteiger partial charge in [0.1, 0.15) is 5.69 Å². The van der Waals surface area contributed by atoms with Crippen LogP contribution in [-0.2, 0) is 20.1 Å². The second kappa shape index (κ2) is 4.95. The van der Waals surface area contributed by atoms with Crippen LogP contribution in [0.2, 0.25) is 0 Å². The van der Waals surface area contributed by atoms with Gasteiger partial charge >= 0.3 is 0 Å². The molecular formula is C12H17N5O. The lowest BCUT2D eigenvalue weighted by molar-refractivity contribution is 0.0941. The summed E-state index contributed by atoms with van der Waals surface area (Å²) < 4.78 is 3.56. The lowest BCUT2D eigenvalue weighted by Gasteiger charge is -2.07. The molecule has 0 saturated carbocycles. The molecule has 0 fully saturated rings. The fraction of sp³-hybridized carbons (Fsp3) is 0.333. The van der Waals surface area contributed by atoms with E-state index in [1.54, 1.807) is 23.1 Å². The zero-order valence-electron chi connectivity index (χ0n) is 10.6. The number of aromatic nitrogens is 3. The summed E-state index contributed by atoms with van der Waals surface area (Å²) in [5, 5.41) is 6.90. The molecule has 0 saturated heterocycles. The van der Waals surface area contributed by atoms with Crippen molar-refractivity contribution >= 4 is 11.6 Å². The predicted octanol–water partition coefficient (Wildman–Crippen LogP) is 0.754. The topological polar surface area (TPSA) is 77.9 Å². The summed E-state index contributed by atoms with van der Waals surface area (Å²) >= 11 is 0. The maximum Gasteiger partial charge on any atom is 0.268 e. The number of anilines is 1. The largest absolute Gasteiger partial charge is 0.397 e. The van der Waals surface area contributed by atoms with Gasteiger partial charge in [0.2, 0.25) is 0 Å². The zero-order valence-corrected chi connectivity index (χ0v) is 10.6. The molecule has 1 amide bonds. The Hall–Kier alpha value is -2.24. The minimum Gasteiger partial charge on any atom is -0.397 e. The second-order valence-electron chi connectivity index (χ2n) is 4.07. The molecule has 2 aromatic heterocycles. The smallest absolute Gasteiger partial charge is 0.268 e. The van der Waals surface area contributed by atoms with E-state index in [2.05, 4.69) is 10.4 Å². The minimum absolute atomic E-state index is 0.130. The number of nitrogen functional groups attached to an aromatic ring is 1. The first kappa shape index (κ1) is 12.2. The van der Waals surface area contributed by atoms with E-state index in [0.717, 1.165) is 5.69 Å². The Bertz CT molecular complexity index is 555. The summed E-state index contributed by atoms with van der Waals surface area (Å²) in [4.78, 5) is 12.0. The Morgan fingerprint density at radius 3 is 2.94 bits per heavy atom. The van der Waals surface area contributed by atoms with Gasteiger partial charge in [-0.3, -0.25) is 9.48 Å². The monoisotopic (exact) mass is 247 g/mol. The summed E-state index contributed by atoms with van der Waals surface area (Å²) in [5.41, 5.74) is 7.82. The number of rotatable bonds is 4. The van der Waals surface area contributed by atoms with E-state index in [-0.39, 0.29) is 5.91 Å². The van der Waals surface area contributed by atoms with E-state index in [1.807, 2.05) is 24.6 Å². The van der Waals surface area contributed by atoms with Crippen LogP contribution in [0.4, 0.5) is 5.69 Å². The molecule has 2 heterocycles. The Balaban J connectivity index is 2.06. The molecule has 2 aromatic rings. The quantitative estimate of drug-likeness (QED) is 0.837. The number of carbonyl (C=O) groups excluding carboxylic acids is 1. The lowest BCUT2D eigenvalue weighted by atomic mass is 10.3. The van der Waals surface area contributed by atoms with Crippen LogP contribution in [0.15, 0.2) is 24.5 Å². The number of nitrogens with two attached hydrogens (primary N) is 1. The molecule has 0 aromatic carbocycles. The van der Waals surface area contributed by atoms with Gasteiger partial charge < -0.3 is 15.6 Å². The molecule has 3 N–H and O–H groups in total. The molecule has 2 rings (SSSR count). The molecule has 0 bridgehead atoms. The molecule has 0 aliphatic carbocycles. The normalized spacial score (nSPS) is 10.6. The van der Waals surface area contributed by atoms with Crippen molar-refractivity contribution in [3.05, 3.63) is 35.9 Å². The standard InChI is InChI=1S/C12H17N5O/c1-3-17-8-9(13)6-11(17)12(18)14-7-10-4-5-15-16(10)2/h4-6,8H,3,7,13H2,1-2H3,(H,14,18). The lowest BCUT2D eigenvalue weighted by Crippen LogP contribution is -2.26. The Labute approximate surface area is 105 Å². The van der Waals surface area contributed by atoms with Crippen LogP contribution in [-0.4, -0.2) is 20.3 Å². The van der Waals surface area contributed by atoms with Gasteiger partial charge in [0.25, 0.3) is 5.91 Å². The molecule has 0 aliphatic rings. The van der Waals surface area contributed by atoms with Gasteiger partial charge in [0, 0.05) is 26.0 Å². The highest BCUT2D eigenvalue weighted by molar-refractivity contribution is 5.93. The summed E-state index contributed by atoms with van der Waals surface area (Å²) in [6.45, 7) is 3.13. The molecule has 18 heavy (non-hydrogen) atoms. The van der Waals surface area contributed by atoms with Crippen molar-refractivity contribution in [3.63, 3.8) is 0 Å². The number of hydrogen-bond acceptors (Lipinski definition) is 3. The maximum absolute atomic E-state index is 12.0. The van der Waals surface area contributed by atoms with Crippen molar-refractivity contribution in [1.82, 2.24) is 19.7 Å². The highest BCUT2D eigenvalue weighted by atomic mass is 16.1. The number of hydrogen-bond donors (Lipinski definition) is 2. The fourth-order valence-corrected chi connectivity index (χ4v) is 1.82. The Morgan fingerprint density at radius 2 is 2.33 bits per heavy atom. The van der Waals surface area contributed by atoms with E-state index in [4.69, 9.17) is 5.73 Å². The van der Waals surface area contributed by atoms with E-state index in [1.165, 1.54) is 0 Å². The SMILES string of the molecule is CCn1cc(N)cc1C(=O)NCc1ccnn1C. The zero-order chi connectivity index (χ0) is 13.1. The summed E-state index contributed by atoms with van der Waals surface area (Å²) in [5.74, 6) is -0.130. The van der Waals surface area contributed by atoms with Gasteiger partial charge in [-0.2, -0.15) is 5.10 Å². The van der Waals surface area contributed by atoms with Crippen LogP contribution in [0.1, 0.15) is 23.1 Å². The summed E-state index contributed by atoms with van der Waals surface area (Å²) in [6, 6.07) is 3.55. The first-order chi connectivity index (χ1) is 8.61. The third-order valence-corrected chi connectivity index (χ3v) is 2.84. The fourth-order valence-electron chi connectivity index (χ4n) is 1.82. The number of nitrogens with zero attached hydrogens (tertiary/aromatic N) is 3. The Morgan fingerprint density at radius 1 is 1.56 bits per heavy atom. The van der Waals surface area contributed by atoms with Gasteiger partial charge in [-0.15, -0.1) is 0 Å². The van der Waals surface area contributed by atoms with Gasteiger partial charge in [-0.25, -0.2) is 0 Å². The van der Waals surface area contributed by atoms with Crippen molar-refractivity contribution in [2.24, 2.45) is 7.05 Å². The van der Waals surface area contributed by atoms with Crippen molar-refractivity contribution in [2.45, 2.75) is 20.0 Å². The third kappa shape index (κ3) is 2.37. The molecule has 0 radical (unpaired) electrons. The number of nitrogens with one attached hydrogen (secondary N) is 1. The van der Waals surface area contributed by atoms with Crippen molar-refractivity contribution in [1.29, 1.82) is 0 Å². The average molecular weight is 247 g/mol. The van der Waals surface area contributed by atoms with Gasteiger partial charge in [0.05, 0.1) is 17.9 Å². The number of aryl methyl sites for hydroxylation is 2. The molecule has 96 valence electrons. The average Bonchev–Trinajstić information content (AvgIpc) is 2.92. The Kier molecular flexibility index (Phi) is 3.36. The highest BCUT2D eigenvalue weighted by Gasteiger charge is 2.12.